The molecule has 0 saturated carbocycles. The molecule has 170 valence electrons. The minimum atomic E-state index is -1.08. The highest BCUT2D eigenvalue weighted by Crippen LogP contribution is 2.44. The van der Waals surface area contributed by atoms with E-state index in [1.807, 2.05) is 36.4 Å². The van der Waals surface area contributed by atoms with Crippen LogP contribution in [-0.4, -0.2) is 67.4 Å². The Balaban J connectivity index is 1.53. The molecule has 0 fully saturated rings. The van der Waals surface area contributed by atoms with Gasteiger partial charge in [-0.05, 0) is 29.2 Å². The summed E-state index contributed by atoms with van der Waals surface area (Å²) in [5.41, 5.74) is 4.55. The molecule has 2 amide bonds. The average Bonchev–Trinajstić information content (AvgIpc) is 3.12. The van der Waals surface area contributed by atoms with Crippen molar-refractivity contribution in [1.82, 2.24) is 10.2 Å². The number of methoxy groups -OCH3 is 1. The fraction of sp³-hybridized carbons (Fsp3) is 0.375. The molecule has 2 N–H and O–H groups in total. The quantitative estimate of drug-likeness (QED) is 0.589. The number of likely N-dealkylation sites (N-methyl/N-ethyl adjacent to an activating group) is 1. The highest BCUT2D eigenvalue weighted by molar-refractivity contribution is 5.82. The topological polar surface area (TPSA) is 105 Å². The van der Waals surface area contributed by atoms with Crippen LogP contribution in [0.1, 0.15) is 30.4 Å². The molecule has 2 aromatic carbocycles. The summed E-state index contributed by atoms with van der Waals surface area (Å²) in [6.07, 6.45) is -1.23. The highest BCUT2D eigenvalue weighted by atomic mass is 16.5. The zero-order valence-electron chi connectivity index (χ0n) is 18.2. The van der Waals surface area contributed by atoms with Gasteiger partial charge in [-0.2, -0.15) is 0 Å². The second-order valence-corrected chi connectivity index (χ2v) is 7.57. The molecule has 3 rings (SSSR count). The molecular weight excluding hydrogens is 412 g/mol. The third-order valence-electron chi connectivity index (χ3n) is 5.61. The van der Waals surface area contributed by atoms with Crippen LogP contribution >= 0.6 is 0 Å². The van der Waals surface area contributed by atoms with Crippen molar-refractivity contribution in [3.63, 3.8) is 0 Å². The minimum absolute atomic E-state index is 0.0397. The molecule has 1 aliphatic carbocycles. The van der Waals surface area contributed by atoms with E-state index in [4.69, 9.17) is 14.6 Å². The number of benzene rings is 2. The highest BCUT2D eigenvalue weighted by Gasteiger charge is 2.29. The van der Waals surface area contributed by atoms with Crippen LogP contribution in [0.4, 0.5) is 4.79 Å². The number of rotatable bonds is 10. The molecule has 1 unspecified atom stereocenters. The monoisotopic (exact) mass is 440 g/mol. The van der Waals surface area contributed by atoms with Gasteiger partial charge >= 0.3 is 12.1 Å². The van der Waals surface area contributed by atoms with Crippen molar-refractivity contribution in [2.24, 2.45) is 0 Å². The maximum atomic E-state index is 12.3. The Bertz CT molecular complexity index is 931. The van der Waals surface area contributed by atoms with Crippen molar-refractivity contribution in [2.75, 3.05) is 33.4 Å². The lowest BCUT2D eigenvalue weighted by atomic mass is 9.98. The van der Waals surface area contributed by atoms with Gasteiger partial charge in [-0.25, -0.2) is 4.79 Å². The number of ether oxygens (including phenoxy) is 2. The minimum Gasteiger partial charge on any atom is -0.480 e. The summed E-state index contributed by atoms with van der Waals surface area (Å²) in [6, 6.07) is 16.2. The Morgan fingerprint density at radius 2 is 1.66 bits per heavy atom. The van der Waals surface area contributed by atoms with Gasteiger partial charge in [0.1, 0.15) is 13.2 Å². The Labute approximate surface area is 187 Å². The third kappa shape index (κ3) is 5.45. The maximum Gasteiger partial charge on any atom is 0.407 e. The van der Waals surface area contributed by atoms with Crippen LogP contribution in [-0.2, 0) is 19.1 Å². The van der Waals surface area contributed by atoms with E-state index in [2.05, 4.69) is 17.4 Å². The molecule has 2 aromatic rings. The Hall–Kier alpha value is -3.39. The van der Waals surface area contributed by atoms with Gasteiger partial charge in [0, 0.05) is 26.1 Å². The smallest absolute Gasteiger partial charge is 0.407 e. The van der Waals surface area contributed by atoms with Crippen molar-refractivity contribution in [3.05, 3.63) is 59.7 Å². The summed E-state index contributed by atoms with van der Waals surface area (Å²) in [7, 11) is 1.44. The van der Waals surface area contributed by atoms with E-state index in [0.29, 0.717) is 0 Å². The van der Waals surface area contributed by atoms with Crippen LogP contribution < -0.4 is 5.32 Å². The Morgan fingerprint density at radius 3 is 2.19 bits per heavy atom. The molecule has 0 aliphatic heterocycles. The van der Waals surface area contributed by atoms with Gasteiger partial charge in [0.15, 0.2) is 0 Å². The first kappa shape index (κ1) is 23.3. The largest absolute Gasteiger partial charge is 0.480 e. The number of aliphatic carboxylic acids is 1. The molecule has 0 aromatic heterocycles. The maximum absolute atomic E-state index is 12.3. The standard InChI is InChI=1S/C24H28N2O6/c1-3-26(14-23(28)29)22(27)12-16(31-2)13-25-24(30)32-15-21-19-10-6-4-8-17(19)18-9-5-7-11-20(18)21/h4-11,16,21H,3,12-15H2,1-2H3,(H,25,30)(H,28,29). The Kier molecular flexibility index (Phi) is 7.83. The van der Waals surface area contributed by atoms with Gasteiger partial charge in [0.2, 0.25) is 5.91 Å². The van der Waals surface area contributed by atoms with E-state index in [9.17, 15) is 14.4 Å². The van der Waals surface area contributed by atoms with Gasteiger partial charge in [0.05, 0.1) is 12.5 Å². The summed E-state index contributed by atoms with van der Waals surface area (Å²) < 4.78 is 10.8. The average molecular weight is 440 g/mol. The number of nitrogens with one attached hydrogen (secondary N) is 1. The van der Waals surface area contributed by atoms with Crippen LogP contribution in [0, 0.1) is 0 Å². The second-order valence-electron chi connectivity index (χ2n) is 7.57. The fourth-order valence-electron chi connectivity index (χ4n) is 3.95. The molecule has 8 heteroatoms. The lowest BCUT2D eigenvalue weighted by Gasteiger charge is -2.22. The number of nitrogens with zero attached hydrogens (tertiary/aromatic N) is 1. The number of fused-ring (bicyclic) bond motifs is 3. The number of carbonyl (C=O) groups is 3. The normalized spacial score (nSPS) is 13.1. The van der Waals surface area contributed by atoms with Crippen molar-refractivity contribution in [2.45, 2.75) is 25.4 Å². The van der Waals surface area contributed by atoms with Gasteiger partial charge < -0.3 is 24.8 Å². The van der Waals surface area contributed by atoms with Gasteiger partial charge in [-0.15, -0.1) is 0 Å². The van der Waals surface area contributed by atoms with E-state index in [0.717, 1.165) is 22.3 Å². The number of amides is 2. The Morgan fingerprint density at radius 1 is 1.06 bits per heavy atom. The van der Waals surface area contributed by atoms with Crippen molar-refractivity contribution in [1.29, 1.82) is 0 Å². The molecule has 1 atom stereocenters. The molecule has 1 aliphatic rings. The van der Waals surface area contributed by atoms with Crippen LogP contribution in [0.2, 0.25) is 0 Å². The molecule has 0 spiro atoms. The predicted molar refractivity (Wildman–Crippen MR) is 118 cm³/mol. The van der Waals surface area contributed by atoms with Crippen molar-refractivity contribution < 1.29 is 29.0 Å². The molecule has 0 radical (unpaired) electrons. The first-order valence-electron chi connectivity index (χ1n) is 10.6. The first-order valence-corrected chi connectivity index (χ1v) is 10.6. The van der Waals surface area contributed by atoms with E-state index >= 15 is 0 Å². The second kappa shape index (κ2) is 10.8. The van der Waals surface area contributed by atoms with Crippen LogP contribution in [0.5, 0.6) is 0 Å². The van der Waals surface area contributed by atoms with E-state index in [1.54, 1.807) is 6.92 Å². The summed E-state index contributed by atoms with van der Waals surface area (Å²) in [4.78, 5) is 36.7. The lowest BCUT2D eigenvalue weighted by Crippen LogP contribution is -2.41. The van der Waals surface area contributed by atoms with Gasteiger partial charge in [-0.3, -0.25) is 9.59 Å². The summed E-state index contributed by atoms with van der Waals surface area (Å²) in [6.45, 7) is 1.88. The van der Waals surface area contributed by atoms with E-state index < -0.39 is 18.2 Å². The molecule has 0 bridgehead atoms. The molecule has 0 saturated heterocycles. The number of hydrogen-bond acceptors (Lipinski definition) is 5. The summed E-state index contributed by atoms with van der Waals surface area (Å²) in [5.74, 6) is -1.47. The van der Waals surface area contributed by atoms with E-state index in [1.165, 1.54) is 12.0 Å². The fourth-order valence-corrected chi connectivity index (χ4v) is 3.95. The number of carboxylic acid groups (broad SMARTS) is 1. The summed E-state index contributed by atoms with van der Waals surface area (Å²) in [5, 5.41) is 11.5. The van der Waals surface area contributed by atoms with Crippen molar-refractivity contribution >= 4 is 18.0 Å². The van der Waals surface area contributed by atoms with Gasteiger partial charge in [-0.1, -0.05) is 48.5 Å². The molecule has 32 heavy (non-hydrogen) atoms. The van der Waals surface area contributed by atoms with E-state index in [-0.39, 0.29) is 44.5 Å². The van der Waals surface area contributed by atoms with Crippen molar-refractivity contribution in [3.8, 4) is 11.1 Å². The first-order chi connectivity index (χ1) is 15.4. The number of carbonyl (C=O) groups excluding carboxylic acids is 2. The zero-order chi connectivity index (χ0) is 23.1. The van der Waals surface area contributed by atoms with Crippen LogP contribution in [0.25, 0.3) is 11.1 Å². The molecule has 0 heterocycles. The van der Waals surface area contributed by atoms with Gasteiger partial charge in [0.25, 0.3) is 0 Å². The van der Waals surface area contributed by atoms with Crippen LogP contribution in [0.3, 0.4) is 0 Å². The third-order valence-corrected chi connectivity index (χ3v) is 5.61. The zero-order valence-corrected chi connectivity index (χ0v) is 18.2. The molecular formula is C24H28N2O6. The van der Waals surface area contributed by atoms with Crippen LogP contribution in [0.15, 0.2) is 48.5 Å². The summed E-state index contributed by atoms with van der Waals surface area (Å²) >= 11 is 0. The number of alkyl carbamates (subject to hydrolysis) is 1. The number of hydrogen-bond donors (Lipinski definition) is 2. The SMILES string of the molecule is CCN(CC(=O)O)C(=O)CC(CNC(=O)OCC1c2ccccc2-c2ccccc21)OC. The molecule has 8 nitrogen and oxygen atoms in total. The number of carboxylic acids is 1. The predicted octanol–water partition coefficient (Wildman–Crippen LogP) is 2.86. The lowest BCUT2D eigenvalue weighted by molar-refractivity contribution is -0.145.